The van der Waals surface area contributed by atoms with Gasteiger partial charge in [0.1, 0.15) is 6.17 Å². The summed E-state index contributed by atoms with van der Waals surface area (Å²) >= 11 is 6.42. The molecule has 0 saturated heterocycles. The van der Waals surface area contributed by atoms with Gasteiger partial charge < -0.3 is 5.32 Å². The zero-order chi connectivity index (χ0) is 15.3. The number of nitrogens with one attached hydrogen (secondary N) is 1. The zero-order valence-electron chi connectivity index (χ0n) is 12.5. The number of nitrogens with zero attached hydrogens (tertiary/aromatic N) is 2. The predicted octanol–water partition coefficient (Wildman–Crippen LogP) is 4.79. The van der Waals surface area contributed by atoms with E-state index in [1.165, 1.54) is 11.1 Å². The van der Waals surface area contributed by atoms with Gasteiger partial charge in [0, 0.05) is 21.8 Å². The molecule has 2 heterocycles. The molecular formula is C18H16ClN3. The van der Waals surface area contributed by atoms with E-state index < -0.39 is 0 Å². The molecule has 3 aromatic rings. The van der Waals surface area contributed by atoms with Gasteiger partial charge in [0.15, 0.2) is 0 Å². The lowest BCUT2D eigenvalue weighted by Gasteiger charge is -2.30. The fourth-order valence-corrected chi connectivity index (χ4v) is 3.33. The number of aromatic nitrogens is 2. The molecule has 0 saturated carbocycles. The molecule has 0 amide bonds. The Balaban J connectivity index is 1.97. The lowest BCUT2D eigenvalue weighted by molar-refractivity contribution is 0.571. The molecule has 1 atom stereocenters. The SMILES string of the molecule is Cc1cc2n(n1)[C@@H](c1ccccc1Cl)Nc1c(C)cccc1-2. The van der Waals surface area contributed by atoms with Crippen LogP contribution >= 0.6 is 11.6 Å². The topological polar surface area (TPSA) is 29.9 Å². The van der Waals surface area contributed by atoms with Crippen molar-refractivity contribution in [2.24, 2.45) is 0 Å². The zero-order valence-corrected chi connectivity index (χ0v) is 13.2. The van der Waals surface area contributed by atoms with E-state index in [4.69, 9.17) is 11.6 Å². The van der Waals surface area contributed by atoms with Crippen molar-refractivity contribution >= 4 is 17.3 Å². The summed E-state index contributed by atoms with van der Waals surface area (Å²) in [6.07, 6.45) is -0.0917. The highest BCUT2D eigenvalue weighted by Crippen LogP contribution is 2.41. The summed E-state index contributed by atoms with van der Waals surface area (Å²) in [4.78, 5) is 0. The van der Waals surface area contributed by atoms with Gasteiger partial charge in [-0.05, 0) is 31.5 Å². The van der Waals surface area contributed by atoms with Gasteiger partial charge in [-0.3, -0.25) is 0 Å². The second-order valence-electron chi connectivity index (χ2n) is 5.68. The van der Waals surface area contributed by atoms with Gasteiger partial charge in [-0.25, -0.2) is 4.68 Å². The molecule has 3 nitrogen and oxygen atoms in total. The smallest absolute Gasteiger partial charge is 0.148 e. The number of hydrogen-bond donors (Lipinski definition) is 1. The first kappa shape index (κ1) is 13.4. The Labute approximate surface area is 134 Å². The van der Waals surface area contributed by atoms with Crippen LogP contribution in [-0.4, -0.2) is 9.78 Å². The van der Waals surface area contributed by atoms with E-state index in [1.54, 1.807) is 0 Å². The molecule has 0 aliphatic carbocycles. The van der Waals surface area contributed by atoms with Crippen LogP contribution in [0.1, 0.15) is 23.0 Å². The third kappa shape index (κ3) is 1.93. The number of hydrogen-bond acceptors (Lipinski definition) is 2. The van der Waals surface area contributed by atoms with E-state index in [0.29, 0.717) is 0 Å². The summed E-state index contributed by atoms with van der Waals surface area (Å²) in [6.45, 7) is 4.14. The molecule has 1 aliphatic heterocycles. The van der Waals surface area contributed by atoms with Gasteiger partial charge in [-0.15, -0.1) is 0 Å². The number of benzene rings is 2. The van der Waals surface area contributed by atoms with Crippen molar-refractivity contribution in [3.63, 3.8) is 0 Å². The normalized spacial score (nSPS) is 15.9. The van der Waals surface area contributed by atoms with Crippen LogP contribution in [0.25, 0.3) is 11.3 Å². The van der Waals surface area contributed by atoms with E-state index in [-0.39, 0.29) is 6.17 Å². The average molecular weight is 310 g/mol. The molecule has 110 valence electrons. The van der Waals surface area contributed by atoms with E-state index in [1.807, 2.05) is 35.9 Å². The van der Waals surface area contributed by atoms with Gasteiger partial charge in [0.05, 0.1) is 11.4 Å². The molecule has 1 aliphatic rings. The standard InChI is InChI=1S/C18H16ClN3/c1-11-6-5-8-14-16-10-12(2)21-22(16)18(20-17(11)14)13-7-3-4-9-15(13)19/h3-10,18,20H,1-2H3/t18-/m0/s1. The van der Waals surface area contributed by atoms with Crippen LogP contribution in [0.2, 0.25) is 5.02 Å². The molecule has 4 heteroatoms. The highest BCUT2D eigenvalue weighted by molar-refractivity contribution is 6.31. The highest BCUT2D eigenvalue weighted by Gasteiger charge is 2.28. The number of anilines is 1. The summed E-state index contributed by atoms with van der Waals surface area (Å²) in [5.74, 6) is 0. The van der Waals surface area contributed by atoms with Crippen molar-refractivity contribution in [2.75, 3.05) is 5.32 Å². The Bertz CT molecular complexity index is 867. The Kier molecular flexibility index (Phi) is 2.98. The molecule has 0 unspecified atom stereocenters. The minimum Gasteiger partial charge on any atom is -0.359 e. The molecule has 0 bridgehead atoms. The Morgan fingerprint density at radius 3 is 2.73 bits per heavy atom. The number of rotatable bonds is 1. The van der Waals surface area contributed by atoms with E-state index in [9.17, 15) is 0 Å². The average Bonchev–Trinajstić information content (AvgIpc) is 2.89. The predicted molar refractivity (Wildman–Crippen MR) is 90.4 cm³/mol. The fraction of sp³-hybridized carbons (Fsp3) is 0.167. The van der Waals surface area contributed by atoms with Crippen LogP contribution in [0.15, 0.2) is 48.5 Å². The van der Waals surface area contributed by atoms with Crippen LogP contribution in [-0.2, 0) is 0 Å². The van der Waals surface area contributed by atoms with Crippen LogP contribution in [0.4, 0.5) is 5.69 Å². The fourth-order valence-electron chi connectivity index (χ4n) is 3.09. The summed E-state index contributed by atoms with van der Waals surface area (Å²) in [6, 6.07) is 16.4. The molecule has 0 fully saturated rings. The number of halogens is 1. The van der Waals surface area contributed by atoms with Crippen molar-refractivity contribution < 1.29 is 0 Å². The molecule has 22 heavy (non-hydrogen) atoms. The van der Waals surface area contributed by atoms with Crippen molar-refractivity contribution in [2.45, 2.75) is 20.0 Å². The number of aryl methyl sites for hydroxylation is 2. The molecule has 2 aromatic carbocycles. The quantitative estimate of drug-likeness (QED) is 0.700. The van der Waals surface area contributed by atoms with Gasteiger partial charge >= 0.3 is 0 Å². The van der Waals surface area contributed by atoms with Gasteiger partial charge in [0.25, 0.3) is 0 Å². The molecular weight excluding hydrogens is 294 g/mol. The Morgan fingerprint density at radius 2 is 1.91 bits per heavy atom. The van der Waals surface area contributed by atoms with Crippen LogP contribution in [0.5, 0.6) is 0 Å². The Hall–Kier alpha value is -2.26. The monoisotopic (exact) mass is 309 g/mol. The summed E-state index contributed by atoms with van der Waals surface area (Å²) in [7, 11) is 0. The van der Waals surface area contributed by atoms with Crippen molar-refractivity contribution in [1.82, 2.24) is 9.78 Å². The maximum absolute atomic E-state index is 6.42. The van der Waals surface area contributed by atoms with Gasteiger partial charge in [0.2, 0.25) is 0 Å². The van der Waals surface area contributed by atoms with Gasteiger partial charge in [-0.2, -0.15) is 5.10 Å². The first-order valence-electron chi connectivity index (χ1n) is 7.32. The summed E-state index contributed by atoms with van der Waals surface area (Å²) in [5, 5.41) is 9.03. The van der Waals surface area contributed by atoms with E-state index in [0.717, 1.165) is 27.7 Å². The molecule has 0 radical (unpaired) electrons. The molecule has 1 N–H and O–H groups in total. The Morgan fingerprint density at radius 1 is 1.09 bits per heavy atom. The molecule has 0 spiro atoms. The van der Waals surface area contributed by atoms with Crippen LogP contribution in [0.3, 0.4) is 0 Å². The van der Waals surface area contributed by atoms with Crippen molar-refractivity contribution in [3.8, 4) is 11.3 Å². The van der Waals surface area contributed by atoms with E-state index >= 15 is 0 Å². The third-order valence-electron chi connectivity index (χ3n) is 4.13. The lowest BCUT2D eigenvalue weighted by Crippen LogP contribution is -2.26. The maximum Gasteiger partial charge on any atom is 0.148 e. The first-order chi connectivity index (χ1) is 10.6. The lowest BCUT2D eigenvalue weighted by atomic mass is 10.0. The second kappa shape index (κ2) is 4.89. The van der Waals surface area contributed by atoms with Crippen LogP contribution < -0.4 is 5.32 Å². The minimum absolute atomic E-state index is 0.0917. The first-order valence-corrected chi connectivity index (χ1v) is 7.70. The van der Waals surface area contributed by atoms with Crippen molar-refractivity contribution in [1.29, 1.82) is 0 Å². The third-order valence-corrected chi connectivity index (χ3v) is 4.48. The molecule has 1 aromatic heterocycles. The summed E-state index contributed by atoms with van der Waals surface area (Å²) in [5.41, 5.74) is 6.72. The van der Waals surface area contributed by atoms with Crippen molar-refractivity contribution in [3.05, 3.63) is 70.4 Å². The highest BCUT2D eigenvalue weighted by atomic mass is 35.5. The largest absolute Gasteiger partial charge is 0.359 e. The summed E-state index contributed by atoms with van der Waals surface area (Å²) < 4.78 is 2.03. The second-order valence-corrected chi connectivity index (χ2v) is 6.09. The maximum atomic E-state index is 6.42. The van der Waals surface area contributed by atoms with E-state index in [2.05, 4.69) is 41.6 Å². The molecule has 4 rings (SSSR count). The number of para-hydroxylation sites is 1. The minimum atomic E-state index is -0.0917. The number of fused-ring (bicyclic) bond motifs is 3. The van der Waals surface area contributed by atoms with Crippen LogP contribution in [0, 0.1) is 13.8 Å². The van der Waals surface area contributed by atoms with Gasteiger partial charge in [-0.1, -0.05) is 48.0 Å².